The van der Waals surface area contributed by atoms with Crippen molar-refractivity contribution in [2.75, 3.05) is 7.11 Å². The Labute approximate surface area is 241 Å². The lowest BCUT2D eigenvalue weighted by molar-refractivity contribution is -0.137. The van der Waals surface area contributed by atoms with Crippen LogP contribution in [-0.2, 0) is 11.4 Å². The molecule has 6 heteroatoms. The van der Waals surface area contributed by atoms with E-state index in [4.69, 9.17) is 9.47 Å². The Balaban J connectivity index is 1.45. The first-order valence-electron chi connectivity index (χ1n) is 14.8. The van der Waals surface area contributed by atoms with Gasteiger partial charge in [0.15, 0.2) is 11.6 Å². The molecule has 3 aromatic carbocycles. The molecule has 3 aromatic rings. The maximum Gasteiger partial charge on any atom is 0.303 e. The van der Waals surface area contributed by atoms with Crippen molar-refractivity contribution in [3.63, 3.8) is 0 Å². The third-order valence-electron chi connectivity index (χ3n) is 9.03. The fraction of sp³-hybridized carbons (Fsp3) is 0.457. The molecule has 5 rings (SSSR count). The van der Waals surface area contributed by atoms with Crippen LogP contribution in [0, 0.1) is 23.0 Å². The second kappa shape index (κ2) is 12.2. The summed E-state index contributed by atoms with van der Waals surface area (Å²) in [5, 5.41) is 9.43. The number of benzene rings is 3. The average Bonchev–Trinajstić information content (AvgIpc) is 3.76. The molecule has 2 aliphatic rings. The summed E-state index contributed by atoms with van der Waals surface area (Å²) in [6.45, 7) is 4.71. The van der Waals surface area contributed by atoms with Gasteiger partial charge in [0.2, 0.25) is 0 Å². The summed E-state index contributed by atoms with van der Waals surface area (Å²) in [6, 6.07) is 15.8. The van der Waals surface area contributed by atoms with Crippen molar-refractivity contribution in [3.8, 4) is 22.6 Å². The number of methoxy groups -OCH3 is 1. The Morgan fingerprint density at radius 2 is 1.83 bits per heavy atom. The first-order chi connectivity index (χ1) is 19.7. The molecule has 4 nitrogen and oxygen atoms in total. The highest BCUT2D eigenvalue weighted by Crippen LogP contribution is 2.50. The van der Waals surface area contributed by atoms with Gasteiger partial charge in [0.25, 0.3) is 0 Å². The smallest absolute Gasteiger partial charge is 0.303 e. The zero-order valence-corrected chi connectivity index (χ0v) is 24.2. The molecule has 2 fully saturated rings. The number of carboxylic acids is 1. The number of rotatable bonds is 11. The van der Waals surface area contributed by atoms with E-state index < -0.39 is 11.8 Å². The van der Waals surface area contributed by atoms with Gasteiger partial charge in [0.05, 0.1) is 13.5 Å². The summed E-state index contributed by atoms with van der Waals surface area (Å²) in [5.41, 5.74) is 3.75. The molecular weight excluding hydrogens is 522 g/mol. The average molecular weight is 563 g/mol. The second-order valence-corrected chi connectivity index (χ2v) is 12.5. The van der Waals surface area contributed by atoms with Gasteiger partial charge in [-0.25, -0.2) is 8.78 Å². The minimum atomic E-state index is -0.924. The third-order valence-corrected chi connectivity index (χ3v) is 9.03. The summed E-state index contributed by atoms with van der Waals surface area (Å²) >= 11 is 0. The number of aliphatic carboxylic acids is 1. The zero-order chi connectivity index (χ0) is 29.1. The monoisotopic (exact) mass is 562 g/mol. The highest BCUT2D eigenvalue weighted by Gasteiger charge is 2.35. The molecule has 0 amide bonds. The van der Waals surface area contributed by atoms with Gasteiger partial charge in [-0.05, 0) is 89.0 Å². The Morgan fingerprint density at radius 1 is 1.02 bits per heavy atom. The molecule has 0 heterocycles. The molecule has 41 heavy (non-hydrogen) atoms. The number of carboxylic acid groups (broad SMARTS) is 1. The van der Waals surface area contributed by atoms with E-state index in [0.29, 0.717) is 29.2 Å². The van der Waals surface area contributed by atoms with Gasteiger partial charge < -0.3 is 14.6 Å². The largest absolute Gasteiger partial charge is 0.497 e. The maximum atomic E-state index is 15.6. The Hall–Kier alpha value is -3.41. The van der Waals surface area contributed by atoms with Crippen LogP contribution in [0.3, 0.4) is 0 Å². The van der Waals surface area contributed by atoms with E-state index in [0.717, 1.165) is 48.8 Å². The lowest BCUT2D eigenvalue weighted by Crippen LogP contribution is -2.26. The van der Waals surface area contributed by atoms with Crippen LogP contribution in [0.4, 0.5) is 8.78 Å². The standard InChI is InChI=1S/C35H40F2O4/c1-35(2)16-5-4-8-30(35)28-18-23(12-14-27(28)29-20-25(40-3)13-15-31(29)36)21-41-32-9-6-7-26(34(32)37)24(19-33(38)39)17-22-10-11-22/h6-7,9,12-15,18,20,22,24,30H,4-5,8,10-11,16-17,19,21H2,1-3H3,(H,38,39)/t24-,30-/m1/s1. The number of ether oxygens (including phenoxy) is 2. The first-order valence-corrected chi connectivity index (χ1v) is 14.8. The van der Waals surface area contributed by atoms with E-state index in [1.54, 1.807) is 37.4 Å². The van der Waals surface area contributed by atoms with Crippen molar-refractivity contribution in [1.29, 1.82) is 0 Å². The molecule has 0 saturated heterocycles. The fourth-order valence-electron chi connectivity index (χ4n) is 6.55. The molecule has 0 aliphatic heterocycles. The lowest BCUT2D eigenvalue weighted by Gasteiger charge is -2.40. The van der Waals surface area contributed by atoms with Crippen LogP contribution >= 0.6 is 0 Å². The highest BCUT2D eigenvalue weighted by atomic mass is 19.1. The number of hydrogen-bond donors (Lipinski definition) is 1. The lowest BCUT2D eigenvalue weighted by atomic mass is 9.65. The topological polar surface area (TPSA) is 55.8 Å². The molecular formula is C35H40F2O4. The summed E-state index contributed by atoms with van der Waals surface area (Å²) in [4.78, 5) is 11.5. The normalized spacial score (nSPS) is 19.0. The predicted octanol–water partition coefficient (Wildman–Crippen LogP) is 9.26. The quantitative estimate of drug-likeness (QED) is 0.253. The summed E-state index contributed by atoms with van der Waals surface area (Å²) in [7, 11) is 1.58. The number of carbonyl (C=O) groups is 1. The highest BCUT2D eigenvalue weighted by molar-refractivity contribution is 5.71. The van der Waals surface area contributed by atoms with E-state index in [-0.39, 0.29) is 41.8 Å². The minimum absolute atomic E-state index is 0.0446. The molecule has 0 radical (unpaired) electrons. The minimum Gasteiger partial charge on any atom is -0.497 e. The van der Waals surface area contributed by atoms with Crippen LogP contribution in [-0.4, -0.2) is 18.2 Å². The van der Waals surface area contributed by atoms with Crippen molar-refractivity contribution in [1.82, 2.24) is 0 Å². The van der Waals surface area contributed by atoms with E-state index >= 15 is 8.78 Å². The van der Waals surface area contributed by atoms with Gasteiger partial charge >= 0.3 is 5.97 Å². The number of halogens is 2. The van der Waals surface area contributed by atoms with E-state index in [2.05, 4.69) is 19.9 Å². The predicted molar refractivity (Wildman–Crippen MR) is 156 cm³/mol. The van der Waals surface area contributed by atoms with Crippen molar-refractivity contribution in [2.24, 2.45) is 11.3 Å². The summed E-state index contributed by atoms with van der Waals surface area (Å²) < 4.78 is 42.2. The van der Waals surface area contributed by atoms with Crippen LogP contribution in [0.5, 0.6) is 11.5 Å². The molecule has 0 bridgehead atoms. The molecule has 0 aromatic heterocycles. The van der Waals surface area contributed by atoms with Gasteiger partial charge in [-0.15, -0.1) is 0 Å². The van der Waals surface area contributed by atoms with Crippen molar-refractivity contribution >= 4 is 5.97 Å². The van der Waals surface area contributed by atoms with E-state index in [1.165, 1.54) is 12.5 Å². The van der Waals surface area contributed by atoms with Gasteiger partial charge in [0, 0.05) is 5.56 Å². The SMILES string of the molecule is COc1ccc(F)c(-c2ccc(COc3cccc([C@@H](CC(=O)O)CC4CC4)c3F)cc2[C@H]2CCCCC2(C)C)c1. The fourth-order valence-corrected chi connectivity index (χ4v) is 6.55. The van der Waals surface area contributed by atoms with Crippen LogP contribution in [0.15, 0.2) is 54.6 Å². The zero-order valence-electron chi connectivity index (χ0n) is 24.2. The van der Waals surface area contributed by atoms with Crippen LogP contribution in [0.25, 0.3) is 11.1 Å². The van der Waals surface area contributed by atoms with E-state index in [1.807, 2.05) is 12.1 Å². The van der Waals surface area contributed by atoms with Crippen LogP contribution < -0.4 is 9.47 Å². The Bertz CT molecular complexity index is 1390. The second-order valence-electron chi connectivity index (χ2n) is 12.5. The third kappa shape index (κ3) is 6.74. The van der Waals surface area contributed by atoms with Gasteiger partial charge in [0.1, 0.15) is 18.2 Å². The number of hydrogen-bond acceptors (Lipinski definition) is 3. The van der Waals surface area contributed by atoms with Crippen molar-refractivity contribution in [2.45, 2.75) is 83.7 Å². The molecule has 0 unspecified atom stereocenters. The van der Waals surface area contributed by atoms with Crippen LogP contribution in [0.2, 0.25) is 0 Å². The Kier molecular flexibility index (Phi) is 8.67. The van der Waals surface area contributed by atoms with Gasteiger partial charge in [-0.1, -0.05) is 69.9 Å². The molecule has 1 N–H and O–H groups in total. The van der Waals surface area contributed by atoms with Crippen molar-refractivity contribution < 1.29 is 28.2 Å². The van der Waals surface area contributed by atoms with Crippen LogP contribution in [0.1, 0.15) is 93.7 Å². The molecule has 218 valence electrons. The summed E-state index contributed by atoms with van der Waals surface area (Å²) in [6.07, 6.45) is 7.12. The molecule has 0 spiro atoms. The Morgan fingerprint density at radius 3 is 2.54 bits per heavy atom. The first kappa shape index (κ1) is 29.1. The van der Waals surface area contributed by atoms with Gasteiger partial charge in [-0.3, -0.25) is 4.79 Å². The van der Waals surface area contributed by atoms with Gasteiger partial charge in [-0.2, -0.15) is 0 Å². The maximum absolute atomic E-state index is 15.6. The molecule has 2 aliphatic carbocycles. The van der Waals surface area contributed by atoms with Crippen molar-refractivity contribution in [3.05, 3.63) is 82.9 Å². The van der Waals surface area contributed by atoms with E-state index in [9.17, 15) is 9.90 Å². The summed E-state index contributed by atoms with van der Waals surface area (Å²) in [5.74, 6) is -0.659. The molecule has 2 saturated carbocycles. The molecule has 2 atom stereocenters.